The molecule has 2 aromatic rings. The van der Waals surface area contributed by atoms with Crippen molar-refractivity contribution >= 4 is 52.1 Å². The van der Waals surface area contributed by atoms with Gasteiger partial charge in [-0.1, -0.05) is 59.1 Å². The fourth-order valence-electron chi connectivity index (χ4n) is 2.15. The molecule has 1 amide bonds. The van der Waals surface area contributed by atoms with Gasteiger partial charge in [0.2, 0.25) is 3.79 Å². The zero-order chi connectivity index (χ0) is 19.3. The third-order valence-corrected chi connectivity index (χ3v) is 4.01. The van der Waals surface area contributed by atoms with Crippen molar-refractivity contribution in [2.45, 2.75) is 9.96 Å². The van der Waals surface area contributed by atoms with Crippen molar-refractivity contribution in [3.05, 3.63) is 64.2 Å². The van der Waals surface area contributed by atoms with Gasteiger partial charge in [0.25, 0.3) is 11.6 Å². The maximum Gasteiger partial charge on any atom is 0.282 e. The quantitative estimate of drug-likeness (QED) is 0.318. The summed E-state index contributed by atoms with van der Waals surface area (Å²) in [5.74, 6) is -0.303. The second-order valence-corrected chi connectivity index (χ2v) is 7.44. The molecule has 2 aromatic carbocycles. The number of carbonyl (C=O) groups is 1. The Labute approximate surface area is 164 Å². The lowest BCUT2D eigenvalue weighted by Crippen LogP contribution is -2.49. The van der Waals surface area contributed by atoms with Crippen LogP contribution in [0.1, 0.15) is 10.4 Å². The molecular formula is C16H14Cl3N3O4. The summed E-state index contributed by atoms with van der Waals surface area (Å²) in [4.78, 5) is 22.9. The van der Waals surface area contributed by atoms with Crippen LogP contribution in [0.2, 0.25) is 0 Å². The van der Waals surface area contributed by atoms with Gasteiger partial charge in [0.1, 0.15) is 17.5 Å². The second-order valence-electron chi connectivity index (χ2n) is 5.07. The van der Waals surface area contributed by atoms with Crippen LogP contribution in [0.3, 0.4) is 0 Å². The van der Waals surface area contributed by atoms with E-state index in [-0.39, 0.29) is 11.3 Å². The highest BCUT2D eigenvalue weighted by molar-refractivity contribution is 6.68. The Balaban J connectivity index is 2.29. The van der Waals surface area contributed by atoms with Gasteiger partial charge in [-0.3, -0.25) is 14.9 Å². The van der Waals surface area contributed by atoms with Crippen molar-refractivity contribution in [3.8, 4) is 5.75 Å². The molecule has 0 spiro atoms. The number of benzene rings is 2. The van der Waals surface area contributed by atoms with E-state index in [4.69, 9.17) is 39.5 Å². The van der Waals surface area contributed by atoms with Gasteiger partial charge in [-0.25, -0.2) is 0 Å². The maximum absolute atomic E-state index is 12.5. The van der Waals surface area contributed by atoms with Crippen LogP contribution >= 0.6 is 34.8 Å². The van der Waals surface area contributed by atoms with Crippen LogP contribution in [0.4, 0.5) is 11.4 Å². The third kappa shape index (κ3) is 4.91. The molecule has 0 saturated carbocycles. The minimum Gasteiger partial charge on any atom is -0.495 e. The van der Waals surface area contributed by atoms with E-state index < -0.39 is 20.8 Å². The first-order valence-corrected chi connectivity index (χ1v) is 8.38. The highest BCUT2D eigenvalue weighted by Crippen LogP contribution is 2.33. The van der Waals surface area contributed by atoms with Crippen molar-refractivity contribution in [3.63, 3.8) is 0 Å². The van der Waals surface area contributed by atoms with E-state index in [1.165, 1.54) is 31.4 Å². The first kappa shape index (κ1) is 20.1. The zero-order valence-corrected chi connectivity index (χ0v) is 15.7. The lowest BCUT2D eigenvalue weighted by atomic mass is 10.1. The summed E-state index contributed by atoms with van der Waals surface area (Å²) in [5, 5.41) is 16.4. The number of carbonyl (C=O) groups excluding carboxylic acids is 1. The number of methoxy groups -OCH3 is 1. The highest BCUT2D eigenvalue weighted by atomic mass is 35.6. The molecule has 0 radical (unpaired) electrons. The molecular weight excluding hydrogens is 405 g/mol. The molecule has 0 aliphatic heterocycles. The average Bonchev–Trinajstić information content (AvgIpc) is 2.60. The number of nitro benzene ring substituents is 1. The number of alkyl halides is 3. The minimum atomic E-state index is -1.94. The molecule has 138 valence electrons. The fourth-order valence-corrected chi connectivity index (χ4v) is 2.48. The number of ether oxygens (including phenoxy) is 1. The van der Waals surface area contributed by atoms with Gasteiger partial charge in [-0.2, -0.15) is 0 Å². The maximum atomic E-state index is 12.5. The molecule has 2 rings (SSSR count). The molecule has 0 aliphatic carbocycles. The number of nitrogens with one attached hydrogen (secondary N) is 2. The number of rotatable bonds is 6. The first-order chi connectivity index (χ1) is 12.2. The normalized spacial score (nSPS) is 12.2. The first-order valence-electron chi connectivity index (χ1n) is 7.24. The van der Waals surface area contributed by atoms with Gasteiger partial charge in [-0.15, -0.1) is 0 Å². The molecule has 1 atom stereocenters. The van der Waals surface area contributed by atoms with E-state index in [2.05, 4.69) is 10.6 Å². The van der Waals surface area contributed by atoms with Crippen LogP contribution in [-0.2, 0) is 0 Å². The predicted molar refractivity (Wildman–Crippen MR) is 101 cm³/mol. The Morgan fingerprint density at radius 3 is 2.38 bits per heavy atom. The van der Waals surface area contributed by atoms with Gasteiger partial charge in [-0.05, 0) is 18.2 Å². The van der Waals surface area contributed by atoms with E-state index >= 15 is 0 Å². The summed E-state index contributed by atoms with van der Waals surface area (Å²) >= 11 is 17.9. The van der Waals surface area contributed by atoms with E-state index in [1.807, 2.05) is 0 Å². The lowest BCUT2D eigenvalue weighted by Gasteiger charge is -2.28. The molecule has 0 bridgehead atoms. The number of halogens is 3. The standard InChI is InChI=1S/C16H14Cl3N3O4/c1-26-13-9-5-3-7-11(13)20-15(16(17,18)19)21-14(23)10-6-2-4-8-12(10)22(24)25/h2-9,15,20H,1H3,(H,21,23)/t15-/m0/s1. The number of nitro groups is 1. The molecule has 0 saturated heterocycles. The average molecular weight is 419 g/mol. The van der Waals surface area contributed by atoms with Crippen molar-refractivity contribution in [1.29, 1.82) is 0 Å². The van der Waals surface area contributed by atoms with Crippen LogP contribution in [0, 0.1) is 10.1 Å². The van der Waals surface area contributed by atoms with E-state index in [1.54, 1.807) is 24.3 Å². The molecule has 10 heteroatoms. The van der Waals surface area contributed by atoms with Gasteiger partial charge < -0.3 is 15.4 Å². The second kappa shape index (κ2) is 8.44. The van der Waals surface area contributed by atoms with E-state index in [9.17, 15) is 14.9 Å². The van der Waals surface area contributed by atoms with Crippen molar-refractivity contribution in [2.24, 2.45) is 0 Å². The summed E-state index contributed by atoms with van der Waals surface area (Å²) in [6, 6.07) is 12.3. The summed E-state index contributed by atoms with van der Waals surface area (Å²) in [7, 11) is 1.47. The highest BCUT2D eigenvalue weighted by Gasteiger charge is 2.35. The number of para-hydroxylation sites is 3. The van der Waals surface area contributed by atoms with E-state index in [0.29, 0.717) is 11.4 Å². The Bertz CT molecular complexity index is 811. The Morgan fingerprint density at radius 2 is 1.77 bits per heavy atom. The van der Waals surface area contributed by atoms with Crippen molar-refractivity contribution in [1.82, 2.24) is 5.32 Å². The number of nitrogens with zero attached hydrogens (tertiary/aromatic N) is 1. The van der Waals surface area contributed by atoms with E-state index in [0.717, 1.165) is 0 Å². The summed E-state index contributed by atoms with van der Waals surface area (Å²) in [6.07, 6.45) is -1.18. The molecule has 0 fully saturated rings. The van der Waals surface area contributed by atoms with Crippen LogP contribution in [0.25, 0.3) is 0 Å². The SMILES string of the molecule is COc1ccccc1N[C@@H](NC(=O)c1ccccc1[N+](=O)[O-])C(Cl)(Cl)Cl. The Hall–Kier alpha value is -2.22. The molecule has 0 heterocycles. The monoisotopic (exact) mass is 417 g/mol. The molecule has 7 nitrogen and oxygen atoms in total. The minimum absolute atomic E-state index is 0.154. The van der Waals surface area contributed by atoms with Gasteiger partial charge >= 0.3 is 0 Å². The topological polar surface area (TPSA) is 93.5 Å². The third-order valence-electron chi connectivity index (χ3n) is 3.35. The van der Waals surface area contributed by atoms with Crippen molar-refractivity contribution in [2.75, 3.05) is 12.4 Å². The molecule has 26 heavy (non-hydrogen) atoms. The van der Waals surface area contributed by atoms with Gasteiger partial charge in [0, 0.05) is 6.07 Å². The molecule has 2 N–H and O–H groups in total. The predicted octanol–water partition coefficient (Wildman–Crippen LogP) is 4.14. The number of anilines is 1. The van der Waals surface area contributed by atoms with Crippen LogP contribution in [0.15, 0.2) is 48.5 Å². The number of hydrogen-bond donors (Lipinski definition) is 2. The number of amides is 1. The van der Waals surface area contributed by atoms with Gasteiger partial charge in [0.05, 0.1) is 17.7 Å². The van der Waals surface area contributed by atoms with Crippen LogP contribution < -0.4 is 15.4 Å². The molecule has 0 unspecified atom stereocenters. The Kier molecular flexibility index (Phi) is 6.52. The molecule has 0 aliphatic rings. The van der Waals surface area contributed by atoms with Crippen molar-refractivity contribution < 1.29 is 14.5 Å². The lowest BCUT2D eigenvalue weighted by molar-refractivity contribution is -0.385. The largest absolute Gasteiger partial charge is 0.495 e. The zero-order valence-electron chi connectivity index (χ0n) is 13.4. The summed E-state index contributed by atoms with van der Waals surface area (Å²) < 4.78 is 3.26. The summed E-state index contributed by atoms with van der Waals surface area (Å²) in [6.45, 7) is 0. The molecule has 0 aromatic heterocycles. The Morgan fingerprint density at radius 1 is 1.15 bits per heavy atom. The summed E-state index contributed by atoms with van der Waals surface area (Å²) in [5.41, 5.74) is -0.0434. The van der Waals surface area contributed by atoms with Crippen LogP contribution in [0.5, 0.6) is 5.75 Å². The fraction of sp³-hybridized carbons (Fsp3) is 0.188. The van der Waals surface area contributed by atoms with Gasteiger partial charge in [0.15, 0.2) is 0 Å². The smallest absolute Gasteiger partial charge is 0.282 e. The number of hydrogen-bond acceptors (Lipinski definition) is 5. The van der Waals surface area contributed by atoms with Crippen LogP contribution in [-0.4, -0.2) is 27.9 Å².